The van der Waals surface area contributed by atoms with E-state index in [4.69, 9.17) is 15.6 Å². The molecule has 62 valence electrons. The maximum atomic E-state index is 10.7. The van der Waals surface area contributed by atoms with Crippen molar-refractivity contribution in [3.05, 3.63) is 0 Å². The number of ether oxygens (including phenoxy) is 1. The van der Waals surface area contributed by atoms with E-state index in [2.05, 4.69) is 0 Å². The molecule has 0 aromatic rings. The van der Waals surface area contributed by atoms with Crippen molar-refractivity contribution in [3.63, 3.8) is 0 Å². The molecule has 0 atom stereocenters. The average Bonchev–Trinajstić information content (AvgIpc) is 1.85. The molecule has 2 bridgehead atoms. The molecule has 0 spiro atoms. The Hall–Kier alpha value is -0.610. The first-order valence-corrected chi connectivity index (χ1v) is 3.67. The zero-order valence-corrected chi connectivity index (χ0v) is 6.17. The first-order valence-electron chi connectivity index (χ1n) is 3.67. The van der Waals surface area contributed by atoms with Gasteiger partial charge in [-0.25, -0.2) is 0 Å². The Morgan fingerprint density at radius 2 is 2.09 bits per heavy atom. The molecule has 0 radical (unpaired) electrons. The van der Waals surface area contributed by atoms with Crippen LogP contribution in [0.5, 0.6) is 0 Å². The number of carboxylic acids is 1. The lowest BCUT2D eigenvalue weighted by Gasteiger charge is -2.55. The zero-order chi connectivity index (χ0) is 8.11. The summed E-state index contributed by atoms with van der Waals surface area (Å²) in [6.07, 6.45) is 1.16. The van der Waals surface area contributed by atoms with E-state index in [0.29, 0.717) is 26.1 Å². The summed E-state index contributed by atoms with van der Waals surface area (Å²) in [7, 11) is 0. The van der Waals surface area contributed by atoms with Crippen LogP contribution in [-0.2, 0) is 9.53 Å². The van der Waals surface area contributed by atoms with Crippen LogP contribution in [0, 0.1) is 5.41 Å². The van der Waals surface area contributed by atoms with E-state index >= 15 is 0 Å². The SMILES string of the molecule is NC12COCC(C(=O)O)(C1)C2. The summed E-state index contributed by atoms with van der Waals surface area (Å²) < 4.78 is 5.09. The number of carboxylic acid groups (broad SMARTS) is 1. The third-order valence-electron chi connectivity index (χ3n) is 2.60. The molecular weight excluding hydrogens is 146 g/mol. The van der Waals surface area contributed by atoms with Gasteiger partial charge >= 0.3 is 5.97 Å². The van der Waals surface area contributed by atoms with E-state index in [1.54, 1.807) is 0 Å². The minimum atomic E-state index is -0.765. The summed E-state index contributed by atoms with van der Waals surface area (Å²) in [6, 6.07) is 0. The number of hydrogen-bond donors (Lipinski definition) is 2. The predicted octanol–water partition coefficient (Wildman–Crippen LogP) is -0.421. The molecule has 3 fully saturated rings. The highest BCUT2D eigenvalue weighted by atomic mass is 16.5. The number of aliphatic carboxylic acids is 1. The first kappa shape index (κ1) is 7.06. The molecule has 2 aliphatic heterocycles. The Kier molecular flexibility index (Phi) is 1.13. The van der Waals surface area contributed by atoms with Gasteiger partial charge in [0.15, 0.2) is 0 Å². The average molecular weight is 157 g/mol. The van der Waals surface area contributed by atoms with Crippen LogP contribution in [0.4, 0.5) is 0 Å². The second-order valence-corrected chi connectivity index (χ2v) is 3.79. The highest BCUT2D eigenvalue weighted by Gasteiger charge is 2.60. The molecular formula is C7H11NO3. The van der Waals surface area contributed by atoms with Crippen LogP contribution in [0.3, 0.4) is 0 Å². The highest BCUT2D eigenvalue weighted by Crippen LogP contribution is 2.50. The first-order chi connectivity index (χ1) is 5.06. The lowest BCUT2D eigenvalue weighted by Crippen LogP contribution is -2.68. The molecule has 1 aliphatic carbocycles. The number of rotatable bonds is 1. The minimum absolute atomic E-state index is 0.335. The fourth-order valence-electron chi connectivity index (χ4n) is 2.16. The van der Waals surface area contributed by atoms with Crippen LogP contribution in [-0.4, -0.2) is 29.8 Å². The van der Waals surface area contributed by atoms with Crippen LogP contribution in [0.25, 0.3) is 0 Å². The van der Waals surface area contributed by atoms with Gasteiger partial charge in [-0.3, -0.25) is 4.79 Å². The summed E-state index contributed by atoms with van der Waals surface area (Å²) in [5, 5.41) is 8.81. The van der Waals surface area contributed by atoms with Crippen molar-refractivity contribution in [1.29, 1.82) is 0 Å². The van der Waals surface area contributed by atoms with Gasteiger partial charge in [-0.05, 0) is 12.8 Å². The van der Waals surface area contributed by atoms with E-state index in [1.165, 1.54) is 0 Å². The molecule has 3 aliphatic rings. The van der Waals surface area contributed by atoms with E-state index < -0.39 is 11.4 Å². The van der Waals surface area contributed by atoms with E-state index in [-0.39, 0.29) is 5.54 Å². The Bertz CT molecular complexity index is 208. The van der Waals surface area contributed by atoms with Gasteiger partial charge in [0.1, 0.15) is 0 Å². The summed E-state index contributed by atoms with van der Waals surface area (Å²) in [4.78, 5) is 10.7. The van der Waals surface area contributed by atoms with E-state index in [1.807, 2.05) is 0 Å². The number of hydrogen-bond acceptors (Lipinski definition) is 3. The summed E-state index contributed by atoms with van der Waals surface area (Å²) in [5.41, 5.74) is 4.80. The van der Waals surface area contributed by atoms with Crippen molar-refractivity contribution >= 4 is 5.97 Å². The predicted molar refractivity (Wildman–Crippen MR) is 37.0 cm³/mol. The van der Waals surface area contributed by atoms with Gasteiger partial charge < -0.3 is 15.6 Å². The van der Waals surface area contributed by atoms with Crippen LogP contribution in [0.15, 0.2) is 0 Å². The van der Waals surface area contributed by atoms with Gasteiger partial charge in [-0.15, -0.1) is 0 Å². The fraction of sp³-hybridized carbons (Fsp3) is 0.857. The molecule has 0 unspecified atom stereocenters. The summed E-state index contributed by atoms with van der Waals surface area (Å²) in [5.74, 6) is -0.765. The zero-order valence-electron chi connectivity index (χ0n) is 6.17. The van der Waals surface area contributed by atoms with Gasteiger partial charge in [-0.2, -0.15) is 0 Å². The lowest BCUT2D eigenvalue weighted by atomic mass is 9.56. The van der Waals surface area contributed by atoms with Crippen molar-refractivity contribution in [2.75, 3.05) is 13.2 Å². The van der Waals surface area contributed by atoms with Gasteiger partial charge in [-0.1, -0.05) is 0 Å². The maximum absolute atomic E-state index is 10.7. The molecule has 2 heterocycles. The third-order valence-corrected chi connectivity index (χ3v) is 2.60. The molecule has 0 aromatic heterocycles. The van der Waals surface area contributed by atoms with Gasteiger partial charge in [0.25, 0.3) is 0 Å². The monoisotopic (exact) mass is 157 g/mol. The van der Waals surface area contributed by atoms with E-state index in [0.717, 1.165) is 0 Å². The Labute approximate surface area is 64.3 Å². The molecule has 0 aromatic carbocycles. The number of carbonyl (C=O) groups is 1. The van der Waals surface area contributed by atoms with Gasteiger partial charge in [0.2, 0.25) is 0 Å². The second-order valence-electron chi connectivity index (χ2n) is 3.79. The van der Waals surface area contributed by atoms with Crippen LogP contribution >= 0.6 is 0 Å². The Balaban J connectivity index is 2.16. The fourth-order valence-corrected chi connectivity index (χ4v) is 2.16. The van der Waals surface area contributed by atoms with Crippen molar-refractivity contribution < 1.29 is 14.6 Å². The van der Waals surface area contributed by atoms with Gasteiger partial charge in [0.05, 0.1) is 18.6 Å². The molecule has 3 N–H and O–H groups in total. The molecule has 1 saturated carbocycles. The summed E-state index contributed by atoms with van der Waals surface area (Å²) in [6.45, 7) is 0.851. The Morgan fingerprint density at radius 1 is 1.45 bits per heavy atom. The van der Waals surface area contributed by atoms with Crippen LogP contribution < -0.4 is 5.73 Å². The Morgan fingerprint density at radius 3 is 2.45 bits per heavy atom. The molecule has 4 nitrogen and oxygen atoms in total. The topological polar surface area (TPSA) is 72.5 Å². The quantitative estimate of drug-likeness (QED) is 0.542. The molecule has 3 rings (SSSR count). The van der Waals surface area contributed by atoms with E-state index in [9.17, 15) is 4.79 Å². The van der Waals surface area contributed by atoms with Gasteiger partial charge in [0, 0.05) is 5.54 Å². The molecule has 2 saturated heterocycles. The maximum Gasteiger partial charge on any atom is 0.312 e. The number of nitrogens with two attached hydrogens (primary N) is 1. The standard InChI is InChI=1S/C7H11NO3/c8-7-1-6(2-7,5(9)10)3-11-4-7/h1-4,8H2,(H,9,10). The van der Waals surface area contributed by atoms with Crippen molar-refractivity contribution in [3.8, 4) is 0 Å². The van der Waals surface area contributed by atoms with Crippen molar-refractivity contribution in [2.45, 2.75) is 18.4 Å². The molecule has 4 heteroatoms. The highest BCUT2D eigenvalue weighted by molar-refractivity contribution is 5.77. The normalized spacial score (nSPS) is 48.1. The number of fused-ring (bicyclic) bond motifs is 2. The van der Waals surface area contributed by atoms with Crippen molar-refractivity contribution in [1.82, 2.24) is 0 Å². The smallest absolute Gasteiger partial charge is 0.312 e. The molecule has 11 heavy (non-hydrogen) atoms. The molecule has 0 amide bonds. The second kappa shape index (κ2) is 1.76. The third kappa shape index (κ3) is 0.795. The largest absolute Gasteiger partial charge is 0.481 e. The minimum Gasteiger partial charge on any atom is -0.481 e. The lowest BCUT2D eigenvalue weighted by molar-refractivity contribution is -0.189. The van der Waals surface area contributed by atoms with Crippen LogP contribution in [0.1, 0.15) is 12.8 Å². The van der Waals surface area contributed by atoms with Crippen LogP contribution in [0.2, 0.25) is 0 Å². The summed E-state index contributed by atoms with van der Waals surface area (Å²) >= 11 is 0. The van der Waals surface area contributed by atoms with Crippen molar-refractivity contribution in [2.24, 2.45) is 11.1 Å².